The first-order valence-corrected chi connectivity index (χ1v) is 8.97. The van der Waals surface area contributed by atoms with E-state index in [1.807, 2.05) is 25.1 Å². The summed E-state index contributed by atoms with van der Waals surface area (Å²) in [5.41, 5.74) is 2.45. The number of amides is 4. The van der Waals surface area contributed by atoms with Crippen LogP contribution in [0.3, 0.4) is 0 Å². The first-order valence-electron chi connectivity index (χ1n) is 8.60. The van der Waals surface area contributed by atoms with Crippen molar-refractivity contribution in [1.82, 2.24) is 10.2 Å². The Morgan fingerprint density at radius 1 is 1.11 bits per heavy atom. The number of urea groups is 1. The molecule has 1 heterocycles. The highest BCUT2D eigenvalue weighted by atomic mass is 35.5. The van der Waals surface area contributed by atoms with Gasteiger partial charge in [-0.1, -0.05) is 47.5 Å². The molecule has 6 nitrogen and oxygen atoms in total. The van der Waals surface area contributed by atoms with E-state index >= 15 is 0 Å². The van der Waals surface area contributed by atoms with Crippen molar-refractivity contribution in [2.24, 2.45) is 0 Å². The maximum absolute atomic E-state index is 12.7. The molecule has 1 N–H and O–H groups in total. The molecule has 0 aliphatic carbocycles. The SMILES string of the molecule is Cc1ccc(N2C(=O)N(CC(=O)NCc3ccccc3Cl)C(=O)[C@H]2C)cc1. The maximum Gasteiger partial charge on any atom is 0.332 e. The van der Waals surface area contributed by atoms with Gasteiger partial charge in [-0.25, -0.2) is 4.79 Å². The smallest absolute Gasteiger partial charge is 0.332 e. The van der Waals surface area contributed by atoms with Crippen molar-refractivity contribution in [3.63, 3.8) is 0 Å². The normalized spacial score (nSPS) is 16.8. The van der Waals surface area contributed by atoms with Crippen LogP contribution in [0.4, 0.5) is 10.5 Å². The van der Waals surface area contributed by atoms with Crippen LogP contribution in [0.25, 0.3) is 0 Å². The Balaban J connectivity index is 1.67. The third-order valence-corrected chi connectivity index (χ3v) is 4.86. The fourth-order valence-electron chi connectivity index (χ4n) is 2.95. The molecule has 1 atom stereocenters. The Morgan fingerprint density at radius 2 is 1.78 bits per heavy atom. The van der Waals surface area contributed by atoms with E-state index in [1.54, 1.807) is 37.3 Å². The highest BCUT2D eigenvalue weighted by molar-refractivity contribution is 6.31. The molecule has 27 heavy (non-hydrogen) atoms. The molecule has 0 bridgehead atoms. The van der Waals surface area contributed by atoms with Gasteiger partial charge in [-0.2, -0.15) is 0 Å². The van der Waals surface area contributed by atoms with Crippen LogP contribution in [-0.4, -0.2) is 35.3 Å². The van der Waals surface area contributed by atoms with E-state index in [0.717, 1.165) is 16.0 Å². The van der Waals surface area contributed by atoms with Gasteiger partial charge in [-0.3, -0.25) is 19.4 Å². The largest absolute Gasteiger partial charge is 0.350 e. The zero-order valence-electron chi connectivity index (χ0n) is 15.1. The van der Waals surface area contributed by atoms with E-state index in [0.29, 0.717) is 10.7 Å². The van der Waals surface area contributed by atoms with Gasteiger partial charge in [0, 0.05) is 17.3 Å². The van der Waals surface area contributed by atoms with Gasteiger partial charge in [-0.05, 0) is 37.6 Å². The Labute approximate surface area is 162 Å². The van der Waals surface area contributed by atoms with Gasteiger partial charge >= 0.3 is 6.03 Å². The number of benzene rings is 2. The molecule has 0 spiro atoms. The lowest BCUT2D eigenvalue weighted by atomic mass is 10.2. The van der Waals surface area contributed by atoms with Crippen LogP contribution in [-0.2, 0) is 16.1 Å². The Kier molecular flexibility index (Phi) is 5.46. The molecule has 0 unspecified atom stereocenters. The van der Waals surface area contributed by atoms with E-state index < -0.39 is 23.9 Å². The number of hydrogen-bond acceptors (Lipinski definition) is 3. The number of carbonyl (C=O) groups is 3. The van der Waals surface area contributed by atoms with Crippen molar-refractivity contribution in [3.05, 3.63) is 64.7 Å². The third kappa shape index (κ3) is 3.95. The van der Waals surface area contributed by atoms with Crippen LogP contribution in [0.5, 0.6) is 0 Å². The average Bonchev–Trinajstić information content (AvgIpc) is 2.85. The van der Waals surface area contributed by atoms with Gasteiger partial charge in [0.05, 0.1) is 0 Å². The topological polar surface area (TPSA) is 69.7 Å². The van der Waals surface area contributed by atoms with Crippen molar-refractivity contribution < 1.29 is 14.4 Å². The van der Waals surface area contributed by atoms with Crippen LogP contribution < -0.4 is 10.2 Å². The van der Waals surface area contributed by atoms with Crippen LogP contribution in [0.1, 0.15) is 18.1 Å². The zero-order chi connectivity index (χ0) is 19.6. The molecular weight excluding hydrogens is 366 g/mol. The van der Waals surface area contributed by atoms with Crippen LogP contribution in [0.15, 0.2) is 48.5 Å². The molecule has 2 aromatic carbocycles. The van der Waals surface area contributed by atoms with Crippen molar-refractivity contribution >= 4 is 35.1 Å². The number of nitrogens with zero attached hydrogens (tertiary/aromatic N) is 2. The number of nitrogens with one attached hydrogen (secondary N) is 1. The van der Waals surface area contributed by atoms with Crippen molar-refractivity contribution in [2.45, 2.75) is 26.4 Å². The summed E-state index contributed by atoms with van der Waals surface area (Å²) >= 11 is 6.06. The second-order valence-corrected chi connectivity index (χ2v) is 6.86. The van der Waals surface area contributed by atoms with Gasteiger partial charge in [0.15, 0.2) is 0 Å². The molecule has 140 valence electrons. The van der Waals surface area contributed by atoms with E-state index in [2.05, 4.69) is 5.32 Å². The summed E-state index contributed by atoms with van der Waals surface area (Å²) in [5, 5.41) is 3.24. The van der Waals surface area contributed by atoms with Gasteiger partial charge < -0.3 is 5.32 Å². The second-order valence-electron chi connectivity index (χ2n) is 6.46. The predicted octanol–water partition coefficient (Wildman–Crippen LogP) is 3.12. The summed E-state index contributed by atoms with van der Waals surface area (Å²) in [4.78, 5) is 39.8. The summed E-state index contributed by atoms with van der Waals surface area (Å²) in [6, 6.07) is 13.3. The van der Waals surface area contributed by atoms with Gasteiger partial charge in [-0.15, -0.1) is 0 Å². The molecule has 3 rings (SSSR count). The maximum atomic E-state index is 12.7. The minimum Gasteiger partial charge on any atom is -0.350 e. The molecule has 0 radical (unpaired) electrons. The Morgan fingerprint density at radius 3 is 2.44 bits per heavy atom. The van der Waals surface area contributed by atoms with Crippen LogP contribution in [0.2, 0.25) is 5.02 Å². The van der Waals surface area contributed by atoms with E-state index in [9.17, 15) is 14.4 Å². The monoisotopic (exact) mass is 385 g/mol. The summed E-state index contributed by atoms with van der Waals surface area (Å²) in [5.74, 6) is -0.817. The van der Waals surface area contributed by atoms with Gasteiger partial charge in [0.1, 0.15) is 12.6 Å². The molecule has 1 fully saturated rings. The highest BCUT2D eigenvalue weighted by Crippen LogP contribution is 2.26. The van der Waals surface area contributed by atoms with Gasteiger partial charge in [0.25, 0.3) is 5.91 Å². The first-order chi connectivity index (χ1) is 12.9. The standard InChI is InChI=1S/C20H20ClN3O3/c1-13-7-9-16(10-8-13)24-14(2)19(26)23(20(24)27)12-18(25)22-11-15-5-3-4-6-17(15)21/h3-10,14H,11-12H2,1-2H3,(H,22,25)/t14-/m1/s1. The molecule has 1 aliphatic rings. The Hall–Kier alpha value is -2.86. The lowest BCUT2D eigenvalue weighted by Gasteiger charge is -2.19. The average molecular weight is 386 g/mol. The number of aryl methyl sites for hydroxylation is 1. The number of anilines is 1. The minimum atomic E-state index is -0.656. The van der Waals surface area contributed by atoms with Gasteiger partial charge in [0.2, 0.25) is 5.91 Å². The number of rotatable bonds is 5. The number of carbonyl (C=O) groups excluding carboxylic acids is 3. The summed E-state index contributed by atoms with van der Waals surface area (Å²) in [6.07, 6.45) is 0. The predicted molar refractivity (Wildman–Crippen MR) is 104 cm³/mol. The quantitative estimate of drug-likeness (QED) is 0.804. The van der Waals surface area contributed by atoms with Crippen LogP contribution in [0, 0.1) is 6.92 Å². The number of hydrogen-bond donors (Lipinski definition) is 1. The number of halogens is 1. The lowest BCUT2D eigenvalue weighted by Crippen LogP contribution is -2.41. The van der Waals surface area contributed by atoms with E-state index in [4.69, 9.17) is 11.6 Å². The molecular formula is C20H20ClN3O3. The van der Waals surface area contributed by atoms with E-state index in [1.165, 1.54) is 4.90 Å². The first kappa shape index (κ1) is 18.9. The molecule has 2 aromatic rings. The molecule has 0 aromatic heterocycles. The number of imide groups is 1. The fraction of sp³-hybridized carbons (Fsp3) is 0.250. The molecule has 7 heteroatoms. The van der Waals surface area contributed by atoms with Crippen molar-refractivity contribution in [3.8, 4) is 0 Å². The van der Waals surface area contributed by atoms with E-state index in [-0.39, 0.29) is 13.1 Å². The second kappa shape index (κ2) is 7.80. The summed E-state index contributed by atoms with van der Waals surface area (Å²) in [6.45, 7) is 3.50. The summed E-state index contributed by atoms with van der Waals surface area (Å²) < 4.78 is 0. The highest BCUT2D eigenvalue weighted by Gasteiger charge is 2.43. The third-order valence-electron chi connectivity index (χ3n) is 4.50. The fourth-order valence-corrected chi connectivity index (χ4v) is 3.15. The lowest BCUT2D eigenvalue weighted by molar-refractivity contribution is -0.131. The minimum absolute atomic E-state index is 0.228. The van der Waals surface area contributed by atoms with Crippen molar-refractivity contribution in [1.29, 1.82) is 0 Å². The zero-order valence-corrected chi connectivity index (χ0v) is 15.9. The molecule has 1 saturated heterocycles. The molecule has 4 amide bonds. The summed E-state index contributed by atoms with van der Waals surface area (Å²) in [7, 11) is 0. The molecule has 0 saturated carbocycles. The molecule has 1 aliphatic heterocycles. The van der Waals surface area contributed by atoms with Crippen LogP contribution >= 0.6 is 11.6 Å². The van der Waals surface area contributed by atoms with Crippen molar-refractivity contribution in [2.75, 3.05) is 11.4 Å². The Bertz CT molecular complexity index is 882.